The van der Waals surface area contributed by atoms with Gasteiger partial charge in [0.25, 0.3) is 0 Å². The Hall–Kier alpha value is -4.10. The van der Waals surface area contributed by atoms with E-state index >= 15 is 0 Å². The van der Waals surface area contributed by atoms with Gasteiger partial charge in [0, 0.05) is 20.8 Å². The number of unbranched alkanes of at least 4 members (excludes halogenated alkanes) is 2. The molecule has 4 amide bonds. The number of ether oxygens (including phenoxy) is 1. The highest BCUT2D eigenvalue weighted by molar-refractivity contribution is 7.98. The van der Waals surface area contributed by atoms with Crippen molar-refractivity contribution in [1.82, 2.24) is 21.3 Å². The largest absolute Gasteiger partial charge is 0.508 e. The lowest BCUT2D eigenvalue weighted by molar-refractivity contribution is -0.140. The van der Waals surface area contributed by atoms with Gasteiger partial charge >= 0.3 is 5.97 Å². The molecular weight excluding hydrogens is 610 g/mol. The summed E-state index contributed by atoms with van der Waals surface area (Å²) in [5.41, 5.74) is 4.16. The van der Waals surface area contributed by atoms with E-state index in [1.165, 1.54) is 31.0 Å². The number of nitrogens with one attached hydrogen (secondary N) is 4. The summed E-state index contributed by atoms with van der Waals surface area (Å²) in [6.07, 6.45) is 4.70. The van der Waals surface area contributed by atoms with Crippen LogP contribution in [0.3, 0.4) is 0 Å². The van der Waals surface area contributed by atoms with E-state index < -0.39 is 42.4 Å². The molecule has 0 fully saturated rings. The average Bonchev–Trinajstić information content (AvgIpc) is 3.09. The van der Waals surface area contributed by atoms with Gasteiger partial charge < -0.3 is 36.8 Å². The van der Waals surface area contributed by atoms with Crippen molar-refractivity contribution < 1.29 is 36.6 Å². The number of benzene rings is 2. The highest BCUT2D eigenvalue weighted by atomic mass is 32.2. The quantitative estimate of drug-likeness (QED) is 0.0853. The molecule has 13 heteroatoms. The van der Waals surface area contributed by atoms with Crippen molar-refractivity contribution >= 4 is 41.4 Å². The van der Waals surface area contributed by atoms with Crippen molar-refractivity contribution in [1.29, 1.82) is 0 Å². The summed E-state index contributed by atoms with van der Waals surface area (Å²) in [6.45, 7) is -0.194. The minimum absolute atomic E-state index is 0.00485. The maximum Gasteiger partial charge on any atom is 0.305 e. The third-order valence-corrected chi connectivity index (χ3v) is 7.76. The van der Waals surface area contributed by atoms with E-state index in [0.29, 0.717) is 49.1 Å². The summed E-state index contributed by atoms with van der Waals surface area (Å²) in [5.74, 6) is -1.93. The zero-order valence-electron chi connectivity index (χ0n) is 28.4. The van der Waals surface area contributed by atoms with Gasteiger partial charge in [0.2, 0.25) is 23.6 Å². The second-order valence-corrected chi connectivity index (χ2v) is 11.7. The lowest BCUT2D eigenvalue weighted by Crippen LogP contribution is -2.54. The van der Waals surface area contributed by atoms with Gasteiger partial charge in [0.1, 0.15) is 19.2 Å². The van der Waals surface area contributed by atoms with Gasteiger partial charge in [-0.15, -0.1) is 0 Å². The minimum Gasteiger partial charge on any atom is -0.508 e. The van der Waals surface area contributed by atoms with Crippen molar-refractivity contribution in [3.8, 4) is 5.75 Å². The van der Waals surface area contributed by atoms with Gasteiger partial charge in [-0.3, -0.25) is 24.0 Å². The molecule has 0 saturated carbocycles. The summed E-state index contributed by atoms with van der Waals surface area (Å²) < 4.78 is 20.0. The zero-order chi connectivity index (χ0) is 35.3. The molecule has 0 saturated heterocycles. The van der Waals surface area contributed by atoms with Crippen LogP contribution in [0.1, 0.15) is 50.2 Å². The fraction of sp³-hybridized carbons (Fsp3) is 0.485. The Labute approximate surface area is 277 Å². The van der Waals surface area contributed by atoms with Crippen LogP contribution in [0, 0.1) is 6.90 Å². The molecule has 0 spiro atoms. The highest BCUT2D eigenvalue weighted by Gasteiger charge is 2.26. The Morgan fingerprint density at radius 3 is 2.41 bits per heavy atom. The Bertz CT molecular complexity index is 1340. The maximum atomic E-state index is 13.2. The van der Waals surface area contributed by atoms with E-state index in [9.17, 15) is 29.1 Å². The summed E-state index contributed by atoms with van der Waals surface area (Å²) in [5, 5.41) is 20.5. The minimum atomic E-state index is -1.04. The molecule has 0 aromatic heterocycles. The van der Waals surface area contributed by atoms with Crippen LogP contribution < -0.4 is 27.0 Å². The molecule has 2 rings (SSSR count). The van der Waals surface area contributed by atoms with Crippen molar-refractivity contribution in [2.75, 3.05) is 32.2 Å². The number of hydrogen-bond acceptors (Lipinski definition) is 9. The Morgan fingerprint density at radius 1 is 0.957 bits per heavy atom. The smallest absolute Gasteiger partial charge is 0.305 e. The molecule has 0 radical (unpaired) electrons. The van der Waals surface area contributed by atoms with E-state index in [-0.39, 0.29) is 43.8 Å². The van der Waals surface area contributed by atoms with E-state index in [2.05, 4.69) is 31.7 Å². The molecule has 0 aliphatic rings. The van der Waals surface area contributed by atoms with Crippen LogP contribution in [-0.4, -0.2) is 85.0 Å². The highest BCUT2D eigenvalue weighted by Crippen LogP contribution is 2.17. The molecule has 0 aliphatic carbocycles. The molecule has 0 heterocycles. The summed E-state index contributed by atoms with van der Waals surface area (Å²) in [4.78, 5) is 63.6. The van der Waals surface area contributed by atoms with Gasteiger partial charge in [-0.25, -0.2) is 0 Å². The lowest BCUT2D eigenvalue weighted by atomic mass is 10.0. The number of nitrogens with two attached hydrogens (primary N) is 1. The number of thioether (sulfide) groups is 1. The molecule has 3 atom stereocenters. The number of carbonyl (C=O) groups excluding carboxylic acids is 5. The zero-order valence-corrected chi connectivity index (χ0v) is 27.3. The van der Waals surface area contributed by atoms with Crippen molar-refractivity contribution in [3.05, 3.63) is 65.2 Å². The molecule has 0 aliphatic heterocycles. The number of aromatic hydroxyl groups is 1. The molecular formula is C33H47N5O7S. The van der Waals surface area contributed by atoms with Crippen molar-refractivity contribution in [2.24, 2.45) is 5.73 Å². The van der Waals surface area contributed by atoms with Gasteiger partial charge in [-0.05, 0) is 73.4 Å². The first-order valence-corrected chi connectivity index (χ1v) is 16.5. The molecule has 2 aromatic rings. The third kappa shape index (κ3) is 14.3. The van der Waals surface area contributed by atoms with Gasteiger partial charge in [-0.2, -0.15) is 11.8 Å². The van der Waals surface area contributed by atoms with Crippen molar-refractivity contribution in [2.45, 2.75) is 70.0 Å². The number of phenolic OH excluding ortho intramolecular Hbond substituents is 1. The fourth-order valence-electron chi connectivity index (χ4n) is 4.50. The van der Waals surface area contributed by atoms with Gasteiger partial charge in [0.15, 0.2) is 0 Å². The van der Waals surface area contributed by atoms with Crippen LogP contribution >= 0.6 is 11.8 Å². The number of aryl methyl sites for hydroxylation is 1. The Kier molecular flexibility index (Phi) is 15.7. The summed E-state index contributed by atoms with van der Waals surface area (Å²) in [7, 11) is 1.34. The molecule has 2 aromatic carbocycles. The van der Waals surface area contributed by atoms with Crippen LogP contribution in [-0.2, 0) is 41.6 Å². The Balaban J connectivity index is 1.99. The predicted octanol–water partition coefficient (Wildman–Crippen LogP) is 1.50. The molecule has 0 bridgehead atoms. The first-order chi connectivity index (χ1) is 23.1. The number of phenols is 1. The second-order valence-electron chi connectivity index (χ2n) is 10.8. The number of esters is 1. The standard InChI is InChI=1S/C33H47N5O7S/c1-22-18-25(39)14-13-24(22)20-26(34)31(42)38-27(15-17-46-3)32(43)36-21-29(40)37-28(19-23-10-6-4-7-11-23)33(44)35-16-9-5-8-12-30(41)45-2/h4,6-7,10-11,13-14,18,26-28,39H,5,8-9,12,15-17,19-21,34H2,1-3H3,(H,35,44)(H,36,43)(H,37,40)(H,38,42)/t26-,27-,28-/m0/s1/i1D/hD. The summed E-state index contributed by atoms with van der Waals surface area (Å²) in [6, 6.07) is 10.7. The number of rotatable bonds is 21. The van der Waals surface area contributed by atoms with E-state index in [1.54, 1.807) is 6.07 Å². The monoisotopic (exact) mass is 659 g/mol. The molecule has 7 N–H and O–H groups in total. The van der Waals surface area contributed by atoms with Gasteiger partial charge in [-0.1, -0.05) is 42.8 Å². The summed E-state index contributed by atoms with van der Waals surface area (Å²) >= 11 is 1.47. The maximum absolute atomic E-state index is 13.2. The third-order valence-electron chi connectivity index (χ3n) is 7.12. The number of carbonyl (C=O) groups is 5. The lowest BCUT2D eigenvalue weighted by Gasteiger charge is -2.22. The second kappa shape index (κ2) is 20.8. The van der Waals surface area contributed by atoms with E-state index in [0.717, 1.165) is 5.56 Å². The van der Waals surface area contributed by atoms with Crippen LogP contribution in [0.2, 0.25) is 1.41 Å². The first-order valence-electron chi connectivity index (χ1n) is 16.3. The van der Waals surface area contributed by atoms with E-state index in [4.69, 9.17) is 2.78 Å². The van der Waals surface area contributed by atoms with Gasteiger partial charge in [0.05, 0.1) is 19.7 Å². The van der Waals surface area contributed by atoms with Crippen LogP contribution in [0.15, 0.2) is 48.5 Å². The average molecular weight is 660 g/mol. The van der Waals surface area contributed by atoms with Crippen LogP contribution in [0.4, 0.5) is 0 Å². The first kappa shape index (κ1) is 34.8. The SMILES string of the molecule is [2H]Cc1cc(O)ccc1C[C@H](N[2H])C(=O)N[C@@H](CCSC)C(=O)NCC(=O)N[C@@H](Cc1ccccc1)C(=O)NCCCCCC(=O)OC. The predicted molar refractivity (Wildman–Crippen MR) is 178 cm³/mol. The Morgan fingerprint density at radius 2 is 1.72 bits per heavy atom. The molecule has 46 heavy (non-hydrogen) atoms. The van der Waals surface area contributed by atoms with Crippen LogP contribution in [0.25, 0.3) is 0 Å². The molecule has 12 nitrogen and oxygen atoms in total. The number of hydrogen-bond donors (Lipinski definition) is 6. The normalized spacial score (nSPS) is 13.3. The topological polar surface area (TPSA) is 189 Å². The van der Waals surface area contributed by atoms with E-state index in [1.807, 2.05) is 36.6 Å². The van der Waals surface area contributed by atoms with Crippen LogP contribution in [0.5, 0.6) is 5.75 Å². The number of methoxy groups -OCH3 is 1. The number of amides is 4. The molecule has 252 valence electrons. The fourth-order valence-corrected chi connectivity index (χ4v) is 4.98. The van der Waals surface area contributed by atoms with Crippen molar-refractivity contribution in [3.63, 3.8) is 0 Å². The molecule has 0 unspecified atom stereocenters.